The minimum atomic E-state index is -2.99. The highest BCUT2D eigenvalue weighted by atomic mass is 32.2. The Morgan fingerprint density at radius 2 is 2.04 bits per heavy atom. The third-order valence-corrected chi connectivity index (χ3v) is 5.86. The van der Waals surface area contributed by atoms with E-state index in [1.165, 1.54) is 20.3 Å². The third kappa shape index (κ3) is 3.94. The molecule has 1 aliphatic heterocycles. The van der Waals surface area contributed by atoms with Crippen LogP contribution in [0.1, 0.15) is 22.3 Å². The zero-order valence-electron chi connectivity index (χ0n) is 13.4. The molecule has 23 heavy (non-hydrogen) atoms. The summed E-state index contributed by atoms with van der Waals surface area (Å²) >= 11 is 0. The van der Waals surface area contributed by atoms with Gasteiger partial charge in [-0.3, -0.25) is 4.90 Å². The van der Waals surface area contributed by atoms with E-state index in [1.807, 2.05) is 4.90 Å². The number of aromatic carboxylic acids is 1. The van der Waals surface area contributed by atoms with Crippen LogP contribution in [-0.2, 0) is 16.4 Å². The molecule has 0 spiro atoms. The van der Waals surface area contributed by atoms with E-state index in [9.17, 15) is 18.3 Å². The number of hydrogen-bond donors (Lipinski definition) is 1. The van der Waals surface area contributed by atoms with Gasteiger partial charge < -0.3 is 14.6 Å². The van der Waals surface area contributed by atoms with E-state index in [0.29, 0.717) is 23.5 Å². The van der Waals surface area contributed by atoms with Gasteiger partial charge in [0.25, 0.3) is 0 Å². The first-order valence-corrected chi connectivity index (χ1v) is 8.98. The van der Waals surface area contributed by atoms with Crippen molar-refractivity contribution in [1.29, 1.82) is 0 Å². The van der Waals surface area contributed by atoms with E-state index < -0.39 is 15.8 Å². The second-order valence-corrected chi connectivity index (χ2v) is 7.86. The number of hydrogen-bond acceptors (Lipinski definition) is 6. The lowest BCUT2D eigenvalue weighted by atomic mass is 10.0. The van der Waals surface area contributed by atoms with Crippen LogP contribution in [-0.4, -0.2) is 63.2 Å². The highest BCUT2D eigenvalue weighted by molar-refractivity contribution is 7.91. The summed E-state index contributed by atoms with van der Waals surface area (Å²) in [5.41, 5.74) is 0.599. The predicted molar refractivity (Wildman–Crippen MR) is 85.0 cm³/mol. The number of carboxylic acid groups (broad SMARTS) is 1. The van der Waals surface area contributed by atoms with Gasteiger partial charge in [-0.1, -0.05) is 0 Å². The molecule has 1 aliphatic rings. The van der Waals surface area contributed by atoms with E-state index in [4.69, 9.17) is 9.47 Å². The van der Waals surface area contributed by atoms with Gasteiger partial charge in [0.1, 0.15) is 11.5 Å². The largest absolute Gasteiger partial charge is 0.497 e. The second-order valence-electron chi connectivity index (χ2n) is 5.63. The van der Waals surface area contributed by atoms with Gasteiger partial charge in [0.2, 0.25) is 0 Å². The summed E-state index contributed by atoms with van der Waals surface area (Å²) in [4.78, 5) is 13.4. The molecule has 0 aliphatic carbocycles. The number of nitrogens with zero attached hydrogens (tertiary/aromatic N) is 1. The van der Waals surface area contributed by atoms with E-state index >= 15 is 0 Å². The summed E-state index contributed by atoms with van der Waals surface area (Å²) in [6.07, 6.45) is 0.555. The van der Waals surface area contributed by atoms with Crippen molar-refractivity contribution in [1.82, 2.24) is 4.90 Å². The van der Waals surface area contributed by atoms with Crippen LogP contribution in [0, 0.1) is 0 Å². The van der Waals surface area contributed by atoms with Crippen molar-refractivity contribution in [3.05, 3.63) is 23.3 Å². The lowest BCUT2D eigenvalue weighted by molar-refractivity contribution is 0.0693. The Balaban J connectivity index is 2.32. The zero-order chi connectivity index (χ0) is 17.2. The first-order valence-electron chi connectivity index (χ1n) is 7.16. The molecule has 0 aromatic heterocycles. The van der Waals surface area contributed by atoms with Crippen molar-refractivity contribution >= 4 is 15.8 Å². The normalized spacial score (nSPS) is 19.7. The van der Waals surface area contributed by atoms with Crippen LogP contribution in [0.15, 0.2) is 12.1 Å². The summed E-state index contributed by atoms with van der Waals surface area (Å²) in [6, 6.07) is 2.95. The van der Waals surface area contributed by atoms with Crippen molar-refractivity contribution in [2.45, 2.75) is 19.0 Å². The molecule has 1 heterocycles. The summed E-state index contributed by atoms with van der Waals surface area (Å²) in [5.74, 6) is 0.00552. The number of carbonyl (C=O) groups is 1. The molecule has 7 nitrogen and oxygen atoms in total. The van der Waals surface area contributed by atoms with E-state index in [-0.39, 0.29) is 29.7 Å². The lowest BCUT2D eigenvalue weighted by Crippen LogP contribution is -2.32. The molecule has 1 saturated heterocycles. The lowest BCUT2D eigenvalue weighted by Gasteiger charge is -2.25. The molecule has 1 aromatic carbocycles. The van der Waals surface area contributed by atoms with Crippen LogP contribution in [0.4, 0.5) is 0 Å². The molecule has 1 N–H and O–H groups in total. The van der Waals surface area contributed by atoms with Crippen LogP contribution in [0.3, 0.4) is 0 Å². The second kappa shape index (κ2) is 6.76. The van der Waals surface area contributed by atoms with Gasteiger partial charge in [-0.2, -0.15) is 0 Å². The van der Waals surface area contributed by atoms with Crippen molar-refractivity contribution in [3.8, 4) is 11.5 Å². The van der Waals surface area contributed by atoms with Crippen molar-refractivity contribution < 1.29 is 27.8 Å². The third-order valence-electron chi connectivity index (χ3n) is 4.11. The Hall–Kier alpha value is -1.80. The maximum absolute atomic E-state index is 11.6. The Bertz CT molecular complexity index is 700. The fourth-order valence-corrected chi connectivity index (χ4v) is 4.58. The Labute approximate surface area is 135 Å². The van der Waals surface area contributed by atoms with Crippen molar-refractivity contribution in [2.24, 2.45) is 0 Å². The monoisotopic (exact) mass is 343 g/mol. The number of rotatable bonds is 6. The molecule has 0 bridgehead atoms. The fraction of sp³-hybridized carbons (Fsp3) is 0.533. The zero-order valence-corrected chi connectivity index (χ0v) is 14.2. The molecule has 0 radical (unpaired) electrons. The Kier molecular flexibility index (Phi) is 5.16. The van der Waals surface area contributed by atoms with Crippen LogP contribution in [0.2, 0.25) is 0 Å². The number of carboxylic acids is 1. The fourth-order valence-electron chi connectivity index (χ4n) is 2.78. The minimum absolute atomic E-state index is 0.0916. The predicted octanol–water partition coefficient (Wildman–Crippen LogP) is 1.02. The van der Waals surface area contributed by atoms with Crippen LogP contribution in [0.25, 0.3) is 0 Å². The smallest absolute Gasteiger partial charge is 0.336 e. The molecular formula is C15H21NO6S. The first-order chi connectivity index (χ1) is 10.8. The first kappa shape index (κ1) is 17.6. The van der Waals surface area contributed by atoms with Gasteiger partial charge in [-0.25, -0.2) is 13.2 Å². The van der Waals surface area contributed by atoms with E-state index in [2.05, 4.69) is 0 Å². The standard InChI is InChI=1S/C15H21NO6S/c1-16(10-4-5-23(19,20)9-10)8-13-12(15(17)18)6-11(21-2)7-14(13)22-3/h6-7,10H,4-5,8-9H2,1-3H3,(H,17,18). The molecule has 1 unspecified atom stereocenters. The number of ether oxygens (including phenoxy) is 2. The molecular weight excluding hydrogens is 322 g/mol. The molecule has 1 aromatic rings. The molecule has 2 rings (SSSR count). The maximum atomic E-state index is 11.6. The molecule has 1 fully saturated rings. The van der Waals surface area contributed by atoms with Gasteiger partial charge in [0, 0.05) is 24.2 Å². The summed E-state index contributed by atoms with van der Waals surface area (Å²) in [7, 11) is 1.71. The SMILES string of the molecule is COc1cc(OC)c(CN(C)C2CCS(=O)(=O)C2)c(C(=O)O)c1. The average molecular weight is 343 g/mol. The molecule has 0 amide bonds. The van der Waals surface area contributed by atoms with Crippen LogP contribution in [0.5, 0.6) is 11.5 Å². The Morgan fingerprint density at radius 1 is 1.35 bits per heavy atom. The molecule has 1 atom stereocenters. The highest BCUT2D eigenvalue weighted by Crippen LogP contribution is 2.31. The molecule has 128 valence electrons. The summed E-state index contributed by atoms with van der Waals surface area (Å²) < 4.78 is 33.6. The number of sulfone groups is 1. The van der Waals surface area contributed by atoms with Gasteiger partial charge >= 0.3 is 5.97 Å². The van der Waals surface area contributed by atoms with Gasteiger partial charge in [0.15, 0.2) is 9.84 Å². The van der Waals surface area contributed by atoms with Crippen molar-refractivity contribution in [2.75, 3.05) is 32.8 Å². The topological polar surface area (TPSA) is 93.1 Å². The Morgan fingerprint density at radius 3 is 2.52 bits per heavy atom. The van der Waals surface area contributed by atoms with E-state index in [1.54, 1.807) is 13.1 Å². The summed E-state index contributed by atoms with van der Waals surface area (Å²) in [6.45, 7) is 0.287. The minimum Gasteiger partial charge on any atom is -0.497 e. The van der Waals surface area contributed by atoms with Crippen LogP contribution >= 0.6 is 0 Å². The van der Waals surface area contributed by atoms with Crippen molar-refractivity contribution in [3.63, 3.8) is 0 Å². The van der Waals surface area contributed by atoms with Gasteiger partial charge in [-0.05, 0) is 19.5 Å². The summed E-state index contributed by atoms with van der Waals surface area (Å²) in [5, 5.41) is 9.44. The quantitative estimate of drug-likeness (QED) is 0.824. The number of methoxy groups -OCH3 is 2. The van der Waals surface area contributed by atoms with Gasteiger partial charge in [-0.15, -0.1) is 0 Å². The van der Waals surface area contributed by atoms with Gasteiger partial charge in [0.05, 0.1) is 31.3 Å². The van der Waals surface area contributed by atoms with Crippen LogP contribution < -0.4 is 9.47 Å². The molecule has 8 heteroatoms. The average Bonchev–Trinajstić information content (AvgIpc) is 2.87. The maximum Gasteiger partial charge on any atom is 0.336 e. The van der Waals surface area contributed by atoms with E-state index in [0.717, 1.165) is 0 Å². The molecule has 0 saturated carbocycles. The number of benzene rings is 1. The highest BCUT2D eigenvalue weighted by Gasteiger charge is 2.31.